The van der Waals surface area contributed by atoms with Gasteiger partial charge in [-0.2, -0.15) is 0 Å². The van der Waals surface area contributed by atoms with E-state index in [1.807, 2.05) is 30.3 Å². The maximum Gasteiger partial charge on any atom is 0.223 e. The Hall–Kier alpha value is -2.35. The van der Waals surface area contributed by atoms with E-state index in [9.17, 15) is 23.8 Å². The lowest BCUT2D eigenvalue weighted by molar-refractivity contribution is -0.151. The van der Waals surface area contributed by atoms with Crippen LogP contribution in [0.25, 0.3) is 0 Å². The molecule has 1 saturated heterocycles. The van der Waals surface area contributed by atoms with Crippen LogP contribution in [-0.2, 0) is 17.8 Å². The summed E-state index contributed by atoms with van der Waals surface area (Å²) >= 11 is 0. The molecule has 1 amide bonds. The van der Waals surface area contributed by atoms with Gasteiger partial charge in [0.25, 0.3) is 0 Å². The van der Waals surface area contributed by atoms with Crippen molar-refractivity contribution in [2.75, 3.05) is 19.6 Å². The first-order chi connectivity index (χ1) is 13.9. The van der Waals surface area contributed by atoms with Crippen molar-refractivity contribution in [2.24, 2.45) is 0 Å². The van der Waals surface area contributed by atoms with E-state index in [4.69, 9.17) is 0 Å². The normalized spacial score (nSPS) is 21.9. The number of likely N-dealkylation sites (tertiary alicyclic amines) is 1. The van der Waals surface area contributed by atoms with Crippen LogP contribution in [0.4, 0.5) is 8.78 Å². The molecule has 0 spiro atoms. The number of hydrogen-bond donors (Lipinski definition) is 3. The second-order valence-electron chi connectivity index (χ2n) is 7.59. The summed E-state index contributed by atoms with van der Waals surface area (Å²) < 4.78 is 26.6. The summed E-state index contributed by atoms with van der Waals surface area (Å²) in [6.07, 6.45) is 0.216. The molecule has 29 heavy (non-hydrogen) atoms. The summed E-state index contributed by atoms with van der Waals surface area (Å²) in [4.78, 5) is 14.1. The first kappa shape index (κ1) is 21.4. The molecule has 2 atom stereocenters. The van der Waals surface area contributed by atoms with Gasteiger partial charge >= 0.3 is 0 Å². The van der Waals surface area contributed by atoms with Crippen LogP contribution in [0.15, 0.2) is 48.5 Å². The number of amides is 1. The van der Waals surface area contributed by atoms with Gasteiger partial charge in [0.05, 0.1) is 12.6 Å². The monoisotopic (exact) mass is 404 g/mol. The van der Waals surface area contributed by atoms with E-state index in [0.29, 0.717) is 24.9 Å². The standard InChI is InChI=1S/C22H26F2N2O3/c23-18-10-17(11-19(24)12-18)13-25-14-22(29)15-26(9-8-20(22)27)21(28)7-6-16-4-2-1-3-5-16/h1-5,10-12,20,25,27,29H,6-9,13-15H2/t20-,22+/m0/s1. The van der Waals surface area contributed by atoms with Gasteiger partial charge in [0.1, 0.15) is 17.2 Å². The number of nitrogens with zero attached hydrogens (tertiary/aromatic N) is 1. The van der Waals surface area contributed by atoms with E-state index < -0.39 is 23.3 Å². The second-order valence-corrected chi connectivity index (χ2v) is 7.59. The van der Waals surface area contributed by atoms with Gasteiger partial charge in [-0.15, -0.1) is 0 Å². The minimum Gasteiger partial charge on any atom is -0.390 e. The van der Waals surface area contributed by atoms with Gasteiger partial charge in [0.2, 0.25) is 5.91 Å². The van der Waals surface area contributed by atoms with Gasteiger partial charge in [-0.25, -0.2) is 8.78 Å². The molecule has 0 aromatic heterocycles. The average Bonchev–Trinajstić information content (AvgIpc) is 2.68. The zero-order chi connectivity index (χ0) is 20.9. The Bertz CT molecular complexity index is 814. The second kappa shape index (κ2) is 9.43. The number of aryl methyl sites for hydroxylation is 1. The number of halogens is 2. The maximum atomic E-state index is 13.3. The number of β-amino-alcohol motifs (C(OH)–C–C–N with tert-alkyl or cyclic N) is 1. The molecule has 0 bridgehead atoms. The SMILES string of the molecule is O=C(CCc1ccccc1)N1CC[C@H](O)[C@@](O)(CNCc2cc(F)cc(F)c2)C1. The molecule has 7 heteroatoms. The van der Waals surface area contributed by atoms with Crippen LogP contribution in [0.5, 0.6) is 0 Å². The highest BCUT2D eigenvalue weighted by Gasteiger charge is 2.42. The summed E-state index contributed by atoms with van der Waals surface area (Å²) in [6.45, 7) is 0.513. The summed E-state index contributed by atoms with van der Waals surface area (Å²) in [5.74, 6) is -1.42. The molecule has 156 valence electrons. The van der Waals surface area contributed by atoms with Gasteiger partial charge in [0.15, 0.2) is 0 Å². The van der Waals surface area contributed by atoms with Gasteiger partial charge in [-0.05, 0) is 36.1 Å². The van der Waals surface area contributed by atoms with Crippen molar-refractivity contribution in [3.63, 3.8) is 0 Å². The number of piperidine rings is 1. The average molecular weight is 404 g/mol. The van der Waals surface area contributed by atoms with Gasteiger partial charge in [-0.3, -0.25) is 4.79 Å². The number of benzene rings is 2. The summed E-state index contributed by atoms with van der Waals surface area (Å²) in [5.41, 5.74) is -0.0590. The zero-order valence-electron chi connectivity index (χ0n) is 16.2. The van der Waals surface area contributed by atoms with Crippen LogP contribution in [0.1, 0.15) is 24.0 Å². The number of nitrogens with one attached hydrogen (secondary N) is 1. The first-order valence-corrected chi connectivity index (χ1v) is 9.73. The summed E-state index contributed by atoms with van der Waals surface area (Å²) in [7, 11) is 0. The van der Waals surface area contributed by atoms with Crippen molar-refractivity contribution in [2.45, 2.75) is 37.5 Å². The number of carbonyl (C=O) groups excluding carboxylic acids is 1. The predicted molar refractivity (Wildman–Crippen MR) is 105 cm³/mol. The number of carbonyl (C=O) groups is 1. The van der Waals surface area contributed by atoms with E-state index in [0.717, 1.165) is 11.6 Å². The fraction of sp³-hybridized carbons (Fsp3) is 0.409. The fourth-order valence-electron chi connectivity index (χ4n) is 3.64. The summed E-state index contributed by atoms with van der Waals surface area (Å²) in [5, 5.41) is 24.1. The Morgan fingerprint density at radius 3 is 2.52 bits per heavy atom. The quantitative estimate of drug-likeness (QED) is 0.660. The Labute approximate surface area is 169 Å². The first-order valence-electron chi connectivity index (χ1n) is 9.73. The fourth-order valence-corrected chi connectivity index (χ4v) is 3.64. The van der Waals surface area contributed by atoms with E-state index in [-0.39, 0.29) is 32.0 Å². The van der Waals surface area contributed by atoms with Crippen molar-refractivity contribution >= 4 is 5.91 Å². The van der Waals surface area contributed by atoms with Gasteiger partial charge in [-0.1, -0.05) is 30.3 Å². The Kier molecular flexibility index (Phi) is 6.95. The lowest BCUT2D eigenvalue weighted by atomic mass is 9.89. The molecule has 3 N–H and O–H groups in total. The Balaban J connectivity index is 1.54. The maximum absolute atomic E-state index is 13.3. The molecule has 0 radical (unpaired) electrons. The van der Waals surface area contributed by atoms with Crippen LogP contribution in [0, 0.1) is 11.6 Å². The van der Waals surface area contributed by atoms with E-state index in [1.165, 1.54) is 12.1 Å². The topological polar surface area (TPSA) is 72.8 Å². The molecule has 5 nitrogen and oxygen atoms in total. The third kappa shape index (κ3) is 5.82. The highest BCUT2D eigenvalue weighted by molar-refractivity contribution is 5.76. The molecule has 1 heterocycles. The van der Waals surface area contributed by atoms with Crippen LogP contribution < -0.4 is 5.32 Å². The molecule has 2 aromatic carbocycles. The van der Waals surface area contributed by atoms with Crippen LogP contribution in [-0.4, -0.2) is 52.4 Å². The number of aliphatic hydroxyl groups is 2. The Morgan fingerprint density at radius 2 is 1.83 bits per heavy atom. The van der Waals surface area contributed by atoms with Crippen molar-refractivity contribution < 1.29 is 23.8 Å². The zero-order valence-corrected chi connectivity index (χ0v) is 16.2. The van der Waals surface area contributed by atoms with Gasteiger partial charge < -0.3 is 20.4 Å². The van der Waals surface area contributed by atoms with E-state index in [1.54, 1.807) is 4.90 Å². The highest BCUT2D eigenvalue weighted by atomic mass is 19.1. The molecule has 1 aliphatic rings. The van der Waals surface area contributed by atoms with E-state index in [2.05, 4.69) is 5.32 Å². The molecule has 0 aliphatic carbocycles. The van der Waals surface area contributed by atoms with Gasteiger partial charge in [0, 0.05) is 32.1 Å². The number of hydrogen-bond acceptors (Lipinski definition) is 4. The predicted octanol–water partition coefficient (Wildman–Crippen LogP) is 2.01. The minimum absolute atomic E-state index is 0.00519. The minimum atomic E-state index is -1.52. The van der Waals surface area contributed by atoms with Crippen molar-refractivity contribution in [1.29, 1.82) is 0 Å². The molecule has 1 aliphatic heterocycles. The highest BCUT2D eigenvalue weighted by Crippen LogP contribution is 2.22. The molecule has 2 aromatic rings. The lowest BCUT2D eigenvalue weighted by Gasteiger charge is -2.43. The van der Waals surface area contributed by atoms with Crippen LogP contribution in [0.2, 0.25) is 0 Å². The number of aliphatic hydroxyl groups excluding tert-OH is 1. The molecular formula is C22H26F2N2O3. The molecule has 1 fully saturated rings. The largest absolute Gasteiger partial charge is 0.390 e. The van der Waals surface area contributed by atoms with Crippen molar-refractivity contribution in [3.8, 4) is 0 Å². The van der Waals surface area contributed by atoms with Crippen molar-refractivity contribution in [1.82, 2.24) is 10.2 Å². The molecular weight excluding hydrogens is 378 g/mol. The molecule has 3 rings (SSSR count). The Morgan fingerprint density at radius 1 is 1.14 bits per heavy atom. The van der Waals surface area contributed by atoms with Crippen LogP contribution >= 0.6 is 0 Å². The van der Waals surface area contributed by atoms with Crippen LogP contribution in [0.3, 0.4) is 0 Å². The van der Waals surface area contributed by atoms with E-state index >= 15 is 0 Å². The third-order valence-electron chi connectivity index (χ3n) is 5.26. The molecule has 0 unspecified atom stereocenters. The lowest BCUT2D eigenvalue weighted by Crippen LogP contribution is -2.62. The smallest absolute Gasteiger partial charge is 0.223 e. The third-order valence-corrected chi connectivity index (χ3v) is 5.26. The number of rotatable bonds is 7. The summed E-state index contributed by atoms with van der Waals surface area (Å²) in [6, 6.07) is 12.9. The van der Waals surface area contributed by atoms with Crippen molar-refractivity contribution in [3.05, 3.63) is 71.3 Å². The molecule has 0 saturated carbocycles.